The summed E-state index contributed by atoms with van der Waals surface area (Å²) in [6.45, 7) is 5.51. The van der Waals surface area contributed by atoms with Crippen molar-refractivity contribution in [2.45, 2.75) is 70.9 Å². The monoisotopic (exact) mass is 378 g/mol. The van der Waals surface area contributed by atoms with Crippen molar-refractivity contribution >= 4 is 11.6 Å². The van der Waals surface area contributed by atoms with Gasteiger partial charge in [-0.15, -0.1) is 0 Å². The Morgan fingerprint density at radius 2 is 1.70 bits per heavy atom. The molecule has 0 heterocycles. The highest BCUT2D eigenvalue weighted by atomic mass is 16.6. The first-order chi connectivity index (χ1) is 12.4. The maximum atomic E-state index is 12.2. The van der Waals surface area contributed by atoms with Gasteiger partial charge in [0.2, 0.25) is 11.6 Å². The van der Waals surface area contributed by atoms with Gasteiger partial charge in [0, 0.05) is 5.92 Å². The van der Waals surface area contributed by atoms with E-state index in [2.05, 4.69) is 6.92 Å². The van der Waals surface area contributed by atoms with Crippen molar-refractivity contribution in [3.63, 3.8) is 0 Å². The van der Waals surface area contributed by atoms with Crippen molar-refractivity contribution in [1.82, 2.24) is 0 Å². The lowest BCUT2D eigenvalue weighted by Crippen LogP contribution is -2.73. The first-order valence-electron chi connectivity index (χ1n) is 10.0. The lowest BCUT2D eigenvalue weighted by Gasteiger charge is -2.62. The standard InChI is InChI=1S/C21H30O6/c1-11(22)14-6-7-15-13-5-4-12-10-17(23)20(24,25)21(26,27)19(12,3)16(13)8-9-18(14,15)2/h10,13-16,24-27H,4-9H2,1-3H3/t13-,14+,15-,16-,18+,19-/m0/s1. The molecule has 0 amide bonds. The van der Waals surface area contributed by atoms with E-state index < -0.39 is 22.8 Å². The second-order valence-corrected chi connectivity index (χ2v) is 9.78. The highest BCUT2D eigenvalue weighted by molar-refractivity contribution is 5.98. The largest absolute Gasteiger partial charge is 0.360 e. The minimum absolute atomic E-state index is 0.0453. The van der Waals surface area contributed by atoms with Gasteiger partial charge in [0.05, 0.1) is 5.41 Å². The summed E-state index contributed by atoms with van der Waals surface area (Å²) in [5, 5.41) is 42.2. The summed E-state index contributed by atoms with van der Waals surface area (Å²) in [6.07, 6.45) is 5.82. The third-order valence-electron chi connectivity index (χ3n) is 8.94. The van der Waals surface area contributed by atoms with E-state index in [4.69, 9.17) is 0 Å². The Bertz CT molecular complexity index is 737. The Labute approximate surface area is 159 Å². The number of ketones is 2. The van der Waals surface area contributed by atoms with Crippen molar-refractivity contribution in [2.75, 3.05) is 0 Å². The highest BCUT2D eigenvalue weighted by Crippen LogP contribution is 2.68. The molecule has 0 spiro atoms. The Morgan fingerprint density at radius 3 is 2.33 bits per heavy atom. The van der Waals surface area contributed by atoms with Gasteiger partial charge < -0.3 is 20.4 Å². The zero-order valence-electron chi connectivity index (χ0n) is 16.2. The van der Waals surface area contributed by atoms with Crippen LogP contribution in [0.25, 0.3) is 0 Å². The second kappa shape index (κ2) is 5.50. The van der Waals surface area contributed by atoms with E-state index in [0.29, 0.717) is 24.3 Å². The van der Waals surface area contributed by atoms with Crippen LogP contribution < -0.4 is 0 Å². The molecular weight excluding hydrogens is 348 g/mol. The van der Waals surface area contributed by atoms with Crippen LogP contribution in [0.2, 0.25) is 0 Å². The molecule has 3 saturated carbocycles. The highest BCUT2D eigenvalue weighted by Gasteiger charge is 2.72. The van der Waals surface area contributed by atoms with E-state index in [-0.39, 0.29) is 29.0 Å². The number of hydrogen-bond donors (Lipinski definition) is 4. The zero-order chi connectivity index (χ0) is 20.0. The summed E-state index contributed by atoms with van der Waals surface area (Å²) >= 11 is 0. The van der Waals surface area contributed by atoms with Crippen LogP contribution >= 0.6 is 0 Å². The molecule has 4 aliphatic rings. The van der Waals surface area contributed by atoms with E-state index in [1.165, 1.54) is 6.08 Å². The van der Waals surface area contributed by atoms with Gasteiger partial charge in [-0.05, 0) is 74.7 Å². The average Bonchev–Trinajstić information content (AvgIpc) is 2.93. The number of Topliss-reactive ketones (excluding diaryl/α,β-unsaturated/α-hetero) is 1. The van der Waals surface area contributed by atoms with E-state index in [1.54, 1.807) is 13.8 Å². The predicted molar refractivity (Wildman–Crippen MR) is 96.0 cm³/mol. The quantitative estimate of drug-likeness (QED) is 0.512. The van der Waals surface area contributed by atoms with Gasteiger partial charge in [-0.3, -0.25) is 9.59 Å². The minimum atomic E-state index is -3.22. The topological polar surface area (TPSA) is 115 Å². The molecule has 4 N–H and O–H groups in total. The summed E-state index contributed by atoms with van der Waals surface area (Å²) < 4.78 is 0. The fraction of sp³-hybridized carbons (Fsp3) is 0.810. The fourth-order valence-electron chi connectivity index (χ4n) is 7.39. The molecule has 0 bridgehead atoms. The molecule has 0 unspecified atom stereocenters. The number of carbonyl (C=O) groups is 2. The maximum Gasteiger partial charge on any atom is 0.284 e. The zero-order valence-corrected chi connectivity index (χ0v) is 16.2. The summed E-state index contributed by atoms with van der Waals surface area (Å²) in [5.74, 6) is -6.68. The van der Waals surface area contributed by atoms with Crippen molar-refractivity contribution < 1.29 is 30.0 Å². The molecule has 0 aromatic heterocycles. The van der Waals surface area contributed by atoms with Gasteiger partial charge >= 0.3 is 0 Å². The molecule has 4 rings (SSSR count). The summed E-state index contributed by atoms with van der Waals surface area (Å²) in [7, 11) is 0. The number of fused-ring (bicyclic) bond motifs is 5. The van der Waals surface area contributed by atoms with Crippen LogP contribution in [-0.2, 0) is 9.59 Å². The van der Waals surface area contributed by atoms with Crippen LogP contribution in [0.5, 0.6) is 0 Å². The Kier molecular flexibility index (Phi) is 3.92. The summed E-state index contributed by atoms with van der Waals surface area (Å²) in [4.78, 5) is 24.3. The van der Waals surface area contributed by atoms with Gasteiger partial charge in [0.15, 0.2) is 0 Å². The smallest absolute Gasteiger partial charge is 0.284 e. The molecule has 3 fully saturated rings. The minimum Gasteiger partial charge on any atom is -0.360 e. The summed E-state index contributed by atoms with van der Waals surface area (Å²) in [6, 6.07) is 0. The van der Waals surface area contributed by atoms with Crippen molar-refractivity contribution in [1.29, 1.82) is 0 Å². The van der Waals surface area contributed by atoms with Gasteiger partial charge in [-0.1, -0.05) is 19.4 Å². The number of hydrogen-bond acceptors (Lipinski definition) is 6. The lowest BCUT2D eigenvalue weighted by atomic mass is 9.45. The second-order valence-electron chi connectivity index (χ2n) is 9.78. The molecule has 4 aliphatic carbocycles. The average molecular weight is 378 g/mol. The van der Waals surface area contributed by atoms with Gasteiger partial charge in [0.1, 0.15) is 5.78 Å². The SMILES string of the molecule is CC(=O)[C@H]1CC[C@H]2[C@@H]3CCC4=CC(=O)C(O)(O)C(O)(O)[C@]4(C)[C@H]3CC[C@]12C. The van der Waals surface area contributed by atoms with Gasteiger partial charge in [-0.2, -0.15) is 0 Å². The van der Waals surface area contributed by atoms with Crippen LogP contribution in [0.1, 0.15) is 59.3 Å². The van der Waals surface area contributed by atoms with Crippen LogP contribution in [0.4, 0.5) is 0 Å². The van der Waals surface area contributed by atoms with Crippen LogP contribution in [0.15, 0.2) is 11.6 Å². The van der Waals surface area contributed by atoms with Gasteiger partial charge in [-0.25, -0.2) is 0 Å². The van der Waals surface area contributed by atoms with Crippen molar-refractivity contribution in [3.8, 4) is 0 Å². The van der Waals surface area contributed by atoms with Crippen LogP contribution in [0.3, 0.4) is 0 Å². The molecule has 0 aromatic rings. The molecule has 27 heavy (non-hydrogen) atoms. The fourth-order valence-corrected chi connectivity index (χ4v) is 7.39. The number of rotatable bonds is 1. The van der Waals surface area contributed by atoms with Crippen molar-refractivity contribution in [3.05, 3.63) is 11.6 Å². The van der Waals surface area contributed by atoms with E-state index in [0.717, 1.165) is 25.7 Å². The van der Waals surface area contributed by atoms with Crippen LogP contribution in [-0.4, -0.2) is 43.6 Å². The number of carbonyl (C=O) groups excluding carboxylic acids is 2. The number of aliphatic hydroxyl groups is 4. The Balaban J connectivity index is 1.78. The lowest BCUT2D eigenvalue weighted by molar-refractivity contribution is -0.386. The summed E-state index contributed by atoms with van der Waals surface area (Å²) in [5.41, 5.74) is -0.789. The third kappa shape index (κ3) is 2.10. The van der Waals surface area contributed by atoms with Crippen LogP contribution in [0, 0.1) is 34.5 Å². The first kappa shape index (κ1) is 19.2. The first-order valence-corrected chi connectivity index (χ1v) is 10.0. The Hall–Kier alpha value is -1.08. The molecule has 6 atom stereocenters. The van der Waals surface area contributed by atoms with Crippen molar-refractivity contribution in [2.24, 2.45) is 34.5 Å². The molecule has 150 valence electrons. The maximum absolute atomic E-state index is 12.2. The molecule has 6 heteroatoms. The molecule has 0 aliphatic heterocycles. The molecule has 0 saturated heterocycles. The molecular formula is C21H30O6. The normalized spacial score (nSPS) is 47.5. The molecule has 0 radical (unpaired) electrons. The van der Waals surface area contributed by atoms with Gasteiger partial charge in [0.25, 0.3) is 5.79 Å². The third-order valence-corrected chi connectivity index (χ3v) is 8.94. The molecule has 0 aromatic carbocycles. The van der Waals surface area contributed by atoms with E-state index in [1.807, 2.05) is 0 Å². The predicted octanol–water partition coefficient (Wildman–Crippen LogP) is 1.31. The van der Waals surface area contributed by atoms with E-state index in [9.17, 15) is 30.0 Å². The van der Waals surface area contributed by atoms with E-state index >= 15 is 0 Å². The Morgan fingerprint density at radius 1 is 1.04 bits per heavy atom. The molecule has 6 nitrogen and oxygen atoms in total.